The minimum atomic E-state index is -0.683. The van der Waals surface area contributed by atoms with E-state index in [4.69, 9.17) is 32.4 Å². The van der Waals surface area contributed by atoms with E-state index in [1.54, 1.807) is 43.3 Å². The number of amidine groups is 1. The van der Waals surface area contributed by atoms with Gasteiger partial charge in [-0.15, -0.1) is 0 Å². The predicted molar refractivity (Wildman–Crippen MR) is 112 cm³/mol. The van der Waals surface area contributed by atoms with Gasteiger partial charge in [-0.25, -0.2) is 19.8 Å². The van der Waals surface area contributed by atoms with Gasteiger partial charge in [-0.05, 0) is 50.0 Å². The van der Waals surface area contributed by atoms with Crippen molar-refractivity contribution in [2.75, 3.05) is 0 Å². The van der Waals surface area contributed by atoms with Crippen LogP contribution >= 0.6 is 23.2 Å². The fourth-order valence-electron chi connectivity index (χ4n) is 2.50. The van der Waals surface area contributed by atoms with Gasteiger partial charge in [0.1, 0.15) is 5.52 Å². The lowest BCUT2D eigenvalue weighted by atomic mass is 10.2. The van der Waals surface area contributed by atoms with Gasteiger partial charge in [0.15, 0.2) is 17.5 Å². The number of aromatic nitrogens is 1. The molecule has 1 atom stereocenters. The summed E-state index contributed by atoms with van der Waals surface area (Å²) in [4.78, 5) is 24.5. The van der Waals surface area contributed by atoms with Crippen LogP contribution in [0.2, 0.25) is 10.0 Å². The summed E-state index contributed by atoms with van der Waals surface area (Å²) in [6, 6.07) is 9.82. The van der Waals surface area contributed by atoms with Crippen LogP contribution in [0, 0.1) is 0 Å². The zero-order chi connectivity index (χ0) is 20.3. The third-order valence-electron chi connectivity index (χ3n) is 3.77. The molecule has 3 aromatic rings. The van der Waals surface area contributed by atoms with Gasteiger partial charge >= 0.3 is 5.97 Å². The topological polar surface area (TPSA) is 77.1 Å². The number of benzene rings is 2. The lowest BCUT2D eigenvalue weighted by molar-refractivity contribution is 0.0450. The molecule has 28 heavy (non-hydrogen) atoms. The number of oxazole rings is 1. The maximum absolute atomic E-state index is 12.4. The lowest BCUT2D eigenvalue weighted by Gasteiger charge is -2.12. The average Bonchev–Trinajstić information content (AvgIpc) is 3.08. The molecule has 0 fully saturated rings. The molecule has 1 heterocycles. The van der Waals surface area contributed by atoms with Gasteiger partial charge < -0.3 is 9.15 Å². The highest BCUT2D eigenvalue weighted by Crippen LogP contribution is 2.29. The number of carbonyl (C=O) groups is 1. The Hall–Kier alpha value is -2.96. The number of carbonyl (C=O) groups excluding carboxylic acids is 1. The normalized spacial score (nSPS) is 12.6. The van der Waals surface area contributed by atoms with Gasteiger partial charge in [0.2, 0.25) is 5.89 Å². The van der Waals surface area contributed by atoms with Gasteiger partial charge in [-0.2, -0.15) is 0 Å². The molecule has 0 bridgehead atoms. The molecule has 3 rings (SSSR count). The van der Waals surface area contributed by atoms with Crippen molar-refractivity contribution in [3.05, 3.63) is 64.8 Å². The van der Waals surface area contributed by atoms with Crippen molar-refractivity contribution >= 4 is 52.8 Å². The summed E-state index contributed by atoms with van der Waals surface area (Å²) >= 11 is 12.1. The summed E-state index contributed by atoms with van der Waals surface area (Å²) in [6.07, 6.45) is 0.621. The predicted octanol–water partition coefficient (Wildman–Crippen LogP) is 5.59. The minimum absolute atomic E-state index is 0.254. The van der Waals surface area contributed by atoms with E-state index in [-0.39, 0.29) is 5.84 Å². The number of hydrogen-bond acceptors (Lipinski definition) is 5. The third kappa shape index (κ3) is 4.30. The maximum atomic E-state index is 12.4. The number of rotatable bonds is 5. The van der Waals surface area contributed by atoms with Crippen LogP contribution in [0.25, 0.3) is 22.6 Å². The molecule has 0 amide bonds. The standard InChI is InChI=1S/C20H15Cl2N3O3/c1-4-24-18(23-3)11(2)27-20(26)12-5-6-16-17(9-12)28-19(25-16)13-7-14(21)10-15(22)8-13/h4-11H,1,3H2,2H3. The molecule has 0 aliphatic heterocycles. The van der Waals surface area contributed by atoms with Gasteiger partial charge in [0.25, 0.3) is 0 Å². The fraction of sp³-hybridized carbons (Fsp3) is 0.100. The quantitative estimate of drug-likeness (QED) is 0.309. The Morgan fingerprint density at radius 2 is 1.96 bits per heavy atom. The summed E-state index contributed by atoms with van der Waals surface area (Å²) in [7, 11) is 0. The monoisotopic (exact) mass is 415 g/mol. The summed E-state index contributed by atoms with van der Waals surface area (Å²) in [5.74, 6) is 0.0392. The fourth-order valence-corrected chi connectivity index (χ4v) is 3.03. The van der Waals surface area contributed by atoms with Crippen LogP contribution in [-0.4, -0.2) is 29.6 Å². The molecular weight excluding hydrogens is 401 g/mol. The van der Waals surface area contributed by atoms with E-state index < -0.39 is 12.1 Å². The first-order valence-corrected chi connectivity index (χ1v) is 8.90. The molecule has 0 N–H and O–H groups in total. The SMILES string of the molecule is C=CN=C(N=C)C(C)OC(=O)c1ccc2nc(-c3cc(Cl)cc(Cl)c3)oc2c1. The van der Waals surface area contributed by atoms with Crippen molar-refractivity contribution in [2.24, 2.45) is 9.98 Å². The molecule has 0 aliphatic rings. The second-order valence-corrected chi connectivity index (χ2v) is 6.61. The molecular formula is C20H15Cl2N3O3. The second kappa shape index (κ2) is 8.37. The van der Waals surface area contributed by atoms with Crippen molar-refractivity contribution in [2.45, 2.75) is 13.0 Å². The first-order valence-electron chi connectivity index (χ1n) is 8.14. The van der Waals surface area contributed by atoms with E-state index in [9.17, 15) is 4.79 Å². The van der Waals surface area contributed by atoms with Crippen LogP contribution in [0.5, 0.6) is 0 Å². The van der Waals surface area contributed by atoms with E-state index in [0.29, 0.717) is 38.2 Å². The molecule has 6 nitrogen and oxygen atoms in total. The molecule has 8 heteroatoms. The average molecular weight is 416 g/mol. The summed E-state index contributed by atoms with van der Waals surface area (Å²) in [5.41, 5.74) is 1.94. The molecule has 0 aliphatic carbocycles. The maximum Gasteiger partial charge on any atom is 0.338 e. The zero-order valence-electron chi connectivity index (χ0n) is 14.9. The minimum Gasteiger partial charge on any atom is -0.451 e. The molecule has 0 spiro atoms. The number of halogens is 2. The lowest BCUT2D eigenvalue weighted by Crippen LogP contribution is -2.22. The Balaban J connectivity index is 1.88. The first-order chi connectivity index (χ1) is 13.4. The Morgan fingerprint density at radius 3 is 2.61 bits per heavy atom. The second-order valence-electron chi connectivity index (χ2n) is 5.74. The number of aliphatic imine (C=N–C) groups is 2. The van der Waals surface area contributed by atoms with E-state index in [1.165, 1.54) is 6.20 Å². The van der Waals surface area contributed by atoms with Gasteiger partial charge in [0, 0.05) is 21.8 Å². The Labute approximate surface area is 171 Å². The van der Waals surface area contributed by atoms with Crippen molar-refractivity contribution in [1.29, 1.82) is 0 Å². The molecule has 1 unspecified atom stereocenters. The van der Waals surface area contributed by atoms with E-state index in [0.717, 1.165) is 0 Å². The number of esters is 1. The highest BCUT2D eigenvalue weighted by molar-refractivity contribution is 6.35. The van der Waals surface area contributed by atoms with Crippen LogP contribution in [0.15, 0.2) is 63.6 Å². The van der Waals surface area contributed by atoms with Crippen LogP contribution in [-0.2, 0) is 4.74 Å². The first kappa shape index (κ1) is 19.8. The van der Waals surface area contributed by atoms with Gasteiger partial charge in [-0.3, -0.25) is 0 Å². The van der Waals surface area contributed by atoms with Crippen molar-refractivity contribution in [3.63, 3.8) is 0 Å². The molecule has 142 valence electrons. The molecule has 1 aromatic heterocycles. The highest BCUT2D eigenvalue weighted by Gasteiger charge is 2.18. The van der Waals surface area contributed by atoms with E-state index in [1.807, 2.05) is 0 Å². The molecule has 0 saturated heterocycles. The summed E-state index contributed by atoms with van der Waals surface area (Å²) in [6.45, 7) is 8.53. The summed E-state index contributed by atoms with van der Waals surface area (Å²) < 4.78 is 11.1. The Morgan fingerprint density at radius 1 is 1.25 bits per heavy atom. The van der Waals surface area contributed by atoms with Crippen molar-refractivity contribution in [3.8, 4) is 11.5 Å². The molecule has 0 saturated carbocycles. The number of fused-ring (bicyclic) bond motifs is 1. The van der Waals surface area contributed by atoms with Crippen LogP contribution in [0.3, 0.4) is 0 Å². The van der Waals surface area contributed by atoms with Crippen LogP contribution in [0.4, 0.5) is 0 Å². The largest absolute Gasteiger partial charge is 0.451 e. The van der Waals surface area contributed by atoms with Crippen molar-refractivity contribution < 1.29 is 13.9 Å². The van der Waals surface area contributed by atoms with Crippen molar-refractivity contribution in [1.82, 2.24) is 4.98 Å². The number of nitrogens with zero attached hydrogens (tertiary/aromatic N) is 3. The van der Waals surface area contributed by atoms with Crippen LogP contribution < -0.4 is 0 Å². The van der Waals surface area contributed by atoms with Crippen LogP contribution in [0.1, 0.15) is 17.3 Å². The summed E-state index contributed by atoms with van der Waals surface area (Å²) in [5, 5.41) is 0.937. The highest BCUT2D eigenvalue weighted by atomic mass is 35.5. The third-order valence-corrected chi connectivity index (χ3v) is 4.20. The number of hydrogen-bond donors (Lipinski definition) is 0. The zero-order valence-corrected chi connectivity index (χ0v) is 16.4. The number of ether oxygens (including phenoxy) is 1. The Kier molecular flexibility index (Phi) is 5.92. The van der Waals surface area contributed by atoms with E-state index in [2.05, 4.69) is 28.3 Å². The smallest absolute Gasteiger partial charge is 0.338 e. The van der Waals surface area contributed by atoms with Gasteiger partial charge in [-0.1, -0.05) is 29.8 Å². The van der Waals surface area contributed by atoms with E-state index >= 15 is 0 Å². The molecule has 0 radical (unpaired) electrons. The molecule has 2 aromatic carbocycles. The van der Waals surface area contributed by atoms with Gasteiger partial charge in [0.05, 0.1) is 5.56 Å². The Bertz CT molecular complexity index is 1090.